The molecule has 516 valence electrons. The number of aromatic amines is 3. The van der Waals surface area contributed by atoms with Gasteiger partial charge in [0.05, 0.1) is 19.5 Å². The van der Waals surface area contributed by atoms with Crippen LogP contribution in [0.25, 0.3) is 21.8 Å². The van der Waals surface area contributed by atoms with Gasteiger partial charge in [-0.1, -0.05) is 62.4 Å². The Kier molecular flexibility index (Phi) is 27.2. The number of H-pyrrole nitrogens is 3. The second-order valence-electron chi connectivity index (χ2n) is 22.9. The molecule has 1 saturated heterocycles. The summed E-state index contributed by atoms with van der Waals surface area (Å²) >= 11 is 0. The van der Waals surface area contributed by atoms with Crippen LogP contribution in [0.4, 0.5) is 13.2 Å². The number of carbonyl (C=O) groups excluding carboxylic acids is 10. The molecule has 8 atom stereocenters. The number of aromatic hydroxyl groups is 1. The molecule has 3 aromatic carbocycles. The number of phenolic OH excluding ortho intramolecular Hbond substituents is 1. The zero-order valence-electron chi connectivity index (χ0n) is 52.2. The van der Waals surface area contributed by atoms with Crippen molar-refractivity contribution in [2.24, 2.45) is 28.1 Å². The number of alkyl halides is 3. The summed E-state index contributed by atoms with van der Waals surface area (Å²) in [6.45, 7) is 2.39. The molecule has 0 radical (unpaired) electrons. The fourth-order valence-corrected chi connectivity index (χ4v) is 10.5. The van der Waals surface area contributed by atoms with E-state index in [1.165, 1.54) is 41.7 Å². The van der Waals surface area contributed by atoms with Gasteiger partial charge < -0.3 is 94.9 Å². The molecule has 1 fully saturated rings. The van der Waals surface area contributed by atoms with E-state index >= 15 is 4.79 Å². The highest BCUT2D eigenvalue weighted by atomic mass is 19.4. The van der Waals surface area contributed by atoms with Crippen molar-refractivity contribution in [3.63, 3.8) is 0 Å². The number of nitrogens with one attached hydrogen (secondary N) is 11. The fraction of sp³-hybridized carbons (Fsp3) is 0.403. The second-order valence-corrected chi connectivity index (χ2v) is 22.9. The van der Waals surface area contributed by atoms with Gasteiger partial charge in [-0.15, -0.1) is 0 Å². The average Bonchev–Trinajstić information content (AvgIpc) is 1.66. The second kappa shape index (κ2) is 35.3. The van der Waals surface area contributed by atoms with Gasteiger partial charge in [-0.05, 0) is 79.0 Å². The molecule has 8 unspecified atom stereocenters. The van der Waals surface area contributed by atoms with Gasteiger partial charge in [0.1, 0.15) is 54.1 Å². The predicted octanol–water partition coefficient (Wildman–Crippen LogP) is -1.31. The molecule has 0 saturated carbocycles. The van der Waals surface area contributed by atoms with Crippen molar-refractivity contribution in [1.29, 1.82) is 0 Å². The molecule has 1 aliphatic rings. The number of hydrogen-bond acceptors (Lipinski definition) is 15. The molecule has 0 bridgehead atoms. The van der Waals surface area contributed by atoms with Crippen LogP contribution < -0.4 is 59.7 Å². The Balaban J connectivity index is 0.00000197. The number of hydrogen-bond donors (Lipinski definition) is 17. The van der Waals surface area contributed by atoms with Gasteiger partial charge in [0.25, 0.3) is 0 Å². The van der Waals surface area contributed by atoms with E-state index in [4.69, 9.17) is 27.1 Å². The first-order valence-corrected chi connectivity index (χ1v) is 30.4. The summed E-state index contributed by atoms with van der Waals surface area (Å²) in [5.41, 5.74) is 19.9. The van der Waals surface area contributed by atoms with Crippen LogP contribution in [0, 0.1) is 5.92 Å². The van der Waals surface area contributed by atoms with Gasteiger partial charge in [0.2, 0.25) is 59.6 Å². The van der Waals surface area contributed by atoms with Crippen LogP contribution in [0.5, 0.6) is 5.75 Å². The molecule has 6 aromatic rings. The Labute approximate surface area is 546 Å². The van der Waals surface area contributed by atoms with Gasteiger partial charge >= 0.3 is 12.1 Å². The van der Waals surface area contributed by atoms with Crippen molar-refractivity contribution in [2.45, 2.75) is 126 Å². The number of halogens is 3. The van der Waals surface area contributed by atoms with E-state index in [0.717, 1.165) is 10.9 Å². The zero-order valence-corrected chi connectivity index (χ0v) is 52.2. The number of phenols is 1. The number of para-hydroxylation sites is 2. The summed E-state index contributed by atoms with van der Waals surface area (Å²) in [6, 6.07) is 9.14. The van der Waals surface area contributed by atoms with Crippen LogP contribution >= 0.6 is 0 Å². The molecular formula is C62H78F3N17O14. The number of primary amides is 1. The Bertz CT molecular complexity index is 3710. The highest BCUT2D eigenvalue weighted by Crippen LogP contribution is 2.24. The van der Waals surface area contributed by atoms with Crippen molar-refractivity contribution in [3.8, 4) is 5.75 Å². The lowest BCUT2D eigenvalue weighted by molar-refractivity contribution is -0.192. The van der Waals surface area contributed by atoms with Gasteiger partial charge in [-0.3, -0.25) is 52.9 Å². The van der Waals surface area contributed by atoms with E-state index in [1.54, 1.807) is 56.6 Å². The van der Waals surface area contributed by atoms with Crippen molar-refractivity contribution in [3.05, 3.63) is 120 Å². The van der Waals surface area contributed by atoms with E-state index in [0.29, 0.717) is 46.1 Å². The van der Waals surface area contributed by atoms with Crippen molar-refractivity contribution in [2.75, 3.05) is 26.2 Å². The highest BCUT2D eigenvalue weighted by Gasteiger charge is 2.41. The van der Waals surface area contributed by atoms with Crippen molar-refractivity contribution >= 4 is 93.3 Å². The number of aliphatic hydroxyl groups is 1. The maximum atomic E-state index is 15.0. The smallest absolute Gasteiger partial charge is 0.490 e. The molecule has 0 aliphatic carbocycles. The molecule has 3 aromatic heterocycles. The molecule has 0 spiro atoms. The molecule has 10 amide bonds. The normalized spacial score (nSPS) is 15.0. The topological polar surface area (TPSA) is 499 Å². The number of aliphatic hydroxyl groups excluding tert-OH is 1. The summed E-state index contributed by atoms with van der Waals surface area (Å²) in [5, 5.41) is 50.6. The summed E-state index contributed by atoms with van der Waals surface area (Å²) in [4.78, 5) is 166. The van der Waals surface area contributed by atoms with Crippen molar-refractivity contribution < 1.29 is 81.2 Å². The summed E-state index contributed by atoms with van der Waals surface area (Å²) in [7, 11) is 0. The average molecular weight is 1340 g/mol. The molecule has 20 N–H and O–H groups in total. The molecule has 1 aliphatic heterocycles. The van der Waals surface area contributed by atoms with Gasteiger partial charge in [-0.2, -0.15) is 13.2 Å². The fourth-order valence-electron chi connectivity index (χ4n) is 10.5. The zero-order chi connectivity index (χ0) is 70.2. The number of likely N-dealkylation sites (tertiary alicyclic amines) is 1. The van der Waals surface area contributed by atoms with E-state index < -0.39 is 127 Å². The number of imidazole rings is 1. The number of aromatic nitrogens is 4. The predicted molar refractivity (Wildman–Crippen MR) is 340 cm³/mol. The van der Waals surface area contributed by atoms with E-state index in [1.807, 2.05) is 18.2 Å². The first-order chi connectivity index (χ1) is 45.6. The first kappa shape index (κ1) is 74.0. The SMILES string of the molecule is CC(C)CC(NC(=O)C(Cc1c[nH]c2ccccc12)NC(=O)C(Cc1ccc(O)cc1)NC(=O)C(CO)NC(=O)C(Cc1c[nH]c2ccccc12)NC(=O)C(Cc1cnc[nH]1)NC=O)C(=O)NC(CCCN=C(N)N)C(=O)N1CCCC1C(=O)NCC(N)=O.O=C(O)C(F)(F)F. The Morgan fingerprint density at radius 3 is 1.69 bits per heavy atom. The molecule has 96 heavy (non-hydrogen) atoms. The molecule has 4 heterocycles. The third-order valence-electron chi connectivity index (χ3n) is 15.3. The number of carbonyl (C=O) groups is 11. The van der Waals surface area contributed by atoms with E-state index in [2.05, 4.69) is 67.5 Å². The minimum atomic E-state index is -5.08. The summed E-state index contributed by atoms with van der Waals surface area (Å²) in [6.07, 6.45) is 1.75. The number of nitrogens with two attached hydrogens (primary N) is 3. The highest BCUT2D eigenvalue weighted by molar-refractivity contribution is 5.99. The lowest BCUT2D eigenvalue weighted by Gasteiger charge is -2.30. The molecular weight excluding hydrogens is 1260 g/mol. The van der Waals surface area contributed by atoms with Crippen LogP contribution in [0.3, 0.4) is 0 Å². The minimum absolute atomic E-state index is 0.0000894. The number of rotatable bonds is 33. The van der Waals surface area contributed by atoms with Gasteiger partial charge in [-0.25, -0.2) is 9.78 Å². The Hall–Kier alpha value is -11.1. The van der Waals surface area contributed by atoms with Crippen LogP contribution in [0.1, 0.15) is 68.3 Å². The van der Waals surface area contributed by atoms with Crippen LogP contribution in [-0.2, 0) is 78.4 Å². The number of carboxylic acid groups (broad SMARTS) is 1. The number of benzene rings is 3. The standard InChI is InChI=1S/C60H77N17O12.C2HF3O2/c1-33(2)21-45(53(83)71-43(13-7-19-65-60(62)63)59(89)77-20-8-14-50(77)58(88)68-29-51(61)81)72-55(85)47(23-35-26-66-41-11-5-3-9-39(35)41)75-54(84)46(22-34-15-17-38(80)18-16-34)73-57(87)49(30-78)76-56(86)48(24-36-27-67-42-12-6-4-10-40(36)42)74-52(82)44(70-32-79)25-37-28-64-31-69-37;3-2(4,5)1(6)7/h3-6,9-12,15-18,26-28,31-33,43-50,66-67,78,80H,7-8,13-14,19-25,29-30H2,1-2H3,(H2,61,81)(H,64,69)(H,68,88)(H,70,79)(H,71,83)(H,72,85)(H,73,87)(H,74,82)(H,75,84)(H,76,86)(H4,62,63,65);(H,6,7). The van der Waals surface area contributed by atoms with Crippen LogP contribution in [-0.4, -0.2) is 192 Å². The van der Waals surface area contributed by atoms with Gasteiger partial charge in [0.15, 0.2) is 5.96 Å². The Morgan fingerprint density at radius 2 is 1.19 bits per heavy atom. The minimum Gasteiger partial charge on any atom is -0.508 e. The number of aliphatic imine (C=N–C) groups is 1. The lowest BCUT2D eigenvalue weighted by Crippen LogP contribution is -2.61. The third kappa shape index (κ3) is 22.0. The van der Waals surface area contributed by atoms with E-state index in [-0.39, 0.29) is 82.1 Å². The van der Waals surface area contributed by atoms with Crippen LogP contribution in [0.2, 0.25) is 0 Å². The summed E-state index contributed by atoms with van der Waals surface area (Å²) < 4.78 is 31.7. The first-order valence-electron chi connectivity index (χ1n) is 30.4. The maximum Gasteiger partial charge on any atom is 0.490 e. The molecule has 7 rings (SSSR count). The van der Waals surface area contributed by atoms with Gasteiger partial charge in [0, 0.05) is 84.9 Å². The number of carboxylic acids is 1. The van der Waals surface area contributed by atoms with E-state index in [9.17, 15) is 66.5 Å². The number of fused-ring (bicyclic) bond motifs is 2. The maximum absolute atomic E-state index is 15.0. The van der Waals surface area contributed by atoms with Crippen LogP contribution in [0.15, 0.2) is 103 Å². The Morgan fingerprint density at radius 1 is 0.688 bits per heavy atom. The third-order valence-corrected chi connectivity index (χ3v) is 15.3. The lowest BCUT2D eigenvalue weighted by atomic mass is 9.99. The number of aliphatic carboxylic acids is 1. The number of guanidine groups is 1. The molecule has 34 heteroatoms. The summed E-state index contributed by atoms with van der Waals surface area (Å²) in [5.74, 6) is -10.6. The number of amides is 10. The monoisotopic (exact) mass is 1340 g/mol. The number of nitrogens with zero attached hydrogens (tertiary/aromatic N) is 3. The quantitative estimate of drug-likeness (QED) is 0.00984. The largest absolute Gasteiger partial charge is 0.508 e. The molecule has 31 nitrogen and oxygen atoms in total. The van der Waals surface area contributed by atoms with Crippen molar-refractivity contribution in [1.82, 2.24) is 67.4 Å².